The van der Waals surface area contributed by atoms with Crippen LogP contribution in [0.15, 0.2) is 59.7 Å². The molecule has 0 aliphatic carbocycles. The molecule has 3 rings (SSSR count). The molecular formula is C22H24N4O2. The van der Waals surface area contributed by atoms with E-state index in [0.29, 0.717) is 23.9 Å². The van der Waals surface area contributed by atoms with E-state index in [4.69, 9.17) is 4.74 Å². The van der Waals surface area contributed by atoms with Gasteiger partial charge in [-0.3, -0.25) is 9.89 Å². The molecule has 144 valence electrons. The molecule has 6 nitrogen and oxygen atoms in total. The maximum atomic E-state index is 12.2. The highest BCUT2D eigenvalue weighted by Crippen LogP contribution is 2.21. The van der Waals surface area contributed by atoms with Gasteiger partial charge < -0.3 is 4.74 Å². The SMILES string of the molecule is CCOc1ccc(-c2cc(C(=O)N/N=C\c3ccc(C(C)C)cc3)[nH]n2)cc1. The number of amides is 1. The molecule has 6 heteroatoms. The molecule has 2 N–H and O–H groups in total. The summed E-state index contributed by atoms with van der Waals surface area (Å²) in [6.07, 6.45) is 1.62. The fourth-order valence-corrected chi connectivity index (χ4v) is 2.67. The zero-order valence-corrected chi connectivity index (χ0v) is 16.3. The Bertz CT molecular complexity index is 941. The summed E-state index contributed by atoms with van der Waals surface area (Å²) < 4.78 is 5.43. The average Bonchev–Trinajstić information content (AvgIpc) is 3.19. The zero-order chi connectivity index (χ0) is 19.9. The van der Waals surface area contributed by atoms with Crippen molar-refractivity contribution in [2.24, 2.45) is 5.10 Å². The molecule has 0 fully saturated rings. The Morgan fingerprint density at radius 3 is 2.54 bits per heavy atom. The van der Waals surface area contributed by atoms with Gasteiger partial charge in [-0.2, -0.15) is 10.2 Å². The van der Waals surface area contributed by atoms with Crippen molar-refractivity contribution in [2.75, 3.05) is 6.61 Å². The molecule has 2 aromatic carbocycles. The number of hydrogen-bond donors (Lipinski definition) is 2. The molecule has 1 heterocycles. The van der Waals surface area contributed by atoms with Crippen LogP contribution in [-0.2, 0) is 0 Å². The van der Waals surface area contributed by atoms with Crippen molar-refractivity contribution in [1.29, 1.82) is 0 Å². The molecule has 0 radical (unpaired) electrons. The maximum Gasteiger partial charge on any atom is 0.289 e. The zero-order valence-electron chi connectivity index (χ0n) is 16.3. The summed E-state index contributed by atoms with van der Waals surface area (Å²) in [5.41, 5.74) is 6.62. The molecule has 0 aliphatic heterocycles. The summed E-state index contributed by atoms with van der Waals surface area (Å²) in [7, 11) is 0. The fraction of sp³-hybridized carbons (Fsp3) is 0.227. The minimum atomic E-state index is -0.347. The minimum Gasteiger partial charge on any atom is -0.494 e. The second kappa shape index (κ2) is 8.99. The van der Waals surface area contributed by atoms with Crippen molar-refractivity contribution in [2.45, 2.75) is 26.7 Å². The number of benzene rings is 2. The third-order valence-electron chi connectivity index (χ3n) is 4.27. The fourth-order valence-electron chi connectivity index (χ4n) is 2.67. The smallest absolute Gasteiger partial charge is 0.289 e. The highest BCUT2D eigenvalue weighted by Gasteiger charge is 2.10. The number of H-pyrrole nitrogens is 1. The Morgan fingerprint density at radius 1 is 1.18 bits per heavy atom. The Hall–Kier alpha value is -3.41. The lowest BCUT2D eigenvalue weighted by Crippen LogP contribution is -2.18. The van der Waals surface area contributed by atoms with Gasteiger partial charge in [-0.25, -0.2) is 5.43 Å². The van der Waals surface area contributed by atoms with Crippen molar-refractivity contribution in [1.82, 2.24) is 15.6 Å². The molecule has 0 aliphatic rings. The van der Waals surface area contributed by atoms with Crippen molar-refractivity contribution in [3.63, 3.8) is 0 Å². The van der Waals surface area contributed by atoms with Gasteiger partial charge in [-0.05, 0) is 54.3 Å². The number of rotatable bonds is 7. The van der Waals surface area contributed by atoms with E-state index in [2.05, 4.69) is 46.7 Å². The first-order valence-corrected chi connectivity index (χ1v) is 9.29. The number of aromatic amines is 1. The summed E-state index contributed by atoms with van der Waals surface area (Å²) in [5, 5.41) is 11.0. The van der Waals surface area contributed by atoms with Crippen LogP contribution >= 0.6 is 0 Å². The summed E-state index contributed by atoms with van der Waals surface area (Å²) in [4.78, 5) is 12.2. The molecule has 1 amide bonds. The highest BCUT2D eigenvalue weighted by atomic mass is 16.5. The first-order chi connectivity index (χ1) is 13.6. The quantitative estimate of drug-likeness (QED) is 0.475. The maximum absolute atomic E-state index is 12.2. The molecule has 0 spiro atoms. The van der Waals surface area contributed by atoms with Gasteiger partial charge >= 0.3 is 0 Å². The Labute approximate surface area is 164 Å². The predicted octanol–water partition coefficient (Wildman–Crippen LogP) is 4.36. The van der Waals surface area contributed by atoms with Crippen LogP contribution < -0.4 is 10.2 Å². The lowest BCUT2D eigenvalue weighted by atomic mass is 10.0. The van der Waals surface area contributed by atoms with Crippen LogP contribution in [0, 0.1) is 0 Å². The summed E-state index contributed by atoms with van der Waals surface area (Å²) in [5.74, 6) is 0.936. The van der Waals surface area contributed by atoms with Gasteiger partial charge in [0.25, 0.3) is 5.91 Å². The van der Waals surface area contributed by atoms with Crippen molar-refractivity contribution in [3.05, 3.63) is 71.4 Å². The molecule has 0 bridgehead atoms. The van der Waals surface area contributed by atoms with Crippen LogP contribution in [0.2, 0.25) is 0 Å². The third-order valence-corrected chi connectivity index (χ3v) is 4.27. The minimum absolute atomic E-state index is 0.344. The second-order valence-corrected chi connectivity index (χ2v) is 6.64. The second-order valence-electron chi connectivity index (χ2n) is 6.64. The standard InChI is InChI=1S/C22H24N4O2/c1-4-28-19-11-9-18(10-12-19)20-13-21(25-24-20)22(27)26-23-14-16-5-7-17(8-6-16)15(2)3/h5-15H,4H2,1-3H3,(H,24,25)(H,26,27)/b23-14-. The lowest BCUT2D eigenvalue weighted by Gasteiger charge is -2.04. The molecule has 0 atom stereocenters. The average molecular weight is 376 g/mol. The Balaban J connectivity index is 1.60. The van der Waals surface area contributed by atoms with Gasteiger partial charge in [0.15, 0.2) is 0 Å². The number of carbonyl (C=O) groups excluding carboxylic acids is 1. The first-order valence-electron chi connectivity index (χ1n) is 9.29. The van der Waals surface area contributed by atoms with E-state index >= 15 is 0 Å². The molecule has 3 aromatic rings. The van der Waals surface area contributed by atoms with Gasteiger partial charge in [0.1, 0.15) is 11.4 Å². The molecule has 1 aromatic heterocycles. The van der Waals surface area contributed by atoms with E-state index in [1.807, 2.05) is 43.3 Å². The van der Waals surface area contributed by atoms with Crippen LogP contribution in [-0.4, -0.2) is 28.9 Å². The van der Waals surface area contributed by atoms with Crippen LogP contribution in [0.25, 0.3) is 11.3 Å². The number of aromatic nitrogens is 2. The molecule has 0 saturated carbocycles. The monoisotopic (exact) mass is 376 g/mol. The highest BCUT2D eigenvalue weighted by molar-refractivity contribution is 5.94. The van der Waals surface area contributed by atoms with Crippen molar-refractivity contribution < 1.29 is 9.53 Å². The van der Waals surface area contributed by atoms with Crippen LogP contribution in [0.5, 0.6) is 5.75 Å². The van der Waals surface area contributed by atoms with Crippen molar-refractivity contribution in [3.8, 4) is 17.0 Å². The van der Waals surface area contributed by atoms with Gasteiger partial charge in [0.2, 0.25) is 0 Å². The number of ether oxygens (including phenoxy) is 1. The van der Waals surface area contributed by atoms with Gasteiger partial charge in [0.05, 0.1) is 18.5 Å². The van der Waals surface area contributed by atoms with Gasteiger partial charge in [0, 0.05) is 5.56 Å². The lowest BCUT2D eigenvalue weighted by molar-refractivity contribution is 0.0950. The molecule has 0 unspecified atom stereocenters. The molecular weight excluding hydrogens is 352 g/mol. The van der Waals surface area contributed by atoms with E-state index in [1.54, 1.807) is 12.3 Å². The van der Waals surface area contributed by atoms with Gasteiger partial charge in [-0.15, -0.1) is 0 Å². The summed E-state index contributed by atoms with van der Waals surface area (Å²) in [6.45, 7) is 6.86. The predicted molar refractivity (Wildman–Crippen MR) is 111 cm³/mol. The van der Waals surface area contributed by atoms with Crippen molar-refractivity contribution >= 4 is 12.1 Å². The normalized spacial score (nSPS) is 11.1. The van der Waals surface area contributed by atoms with E-state index in [9.17, 15) is 4.79 Å². The number of carbonyl (C=O) groups is 1. The van der Waals surface area contributed by atoms with E-state index in [1.165, 1.54) is 5.56 Å². The molecule has 28 heavy (non-hydrogen) atoms. The number of nitrogens with zero attached hydrogens (tertiary/aromatic N) is 2. The summed E-state index contributed by atoms with van der Waals surface area (Å²) in [6, 6.07) is 17.3. The Morgan fingerprint density at radius 2 is 1.89 bits per heavy atom. The molecule has 0 saturated heterocycles. The van der Waals surface area contributed by atoms with Gasteiger partial charge in [-0.1, -0.05) is 38.1 Å². The van der Waals surface area contributed by atoms with E-state index in [0.717, 1.165) is 16.9 Å². The van der Waals surface area contributed by atoms with Crippen LogP contribution in [0.3, 0.4) is 0 Å². The van der Waals surface area contributed by atoms with Crippen LogP contribution in [0.1, 0.15) is 48.3 Å². The topological polar surface area (TPSA) is 79.4 Å². The third kappa shape index (κ3) is 4.85. The number of hydrazone groups is 1. The Kier molecular flexibility index (Phi) is 6.22. The number of hydrogen-bond acceptors (Lipinski definition) is 4. The largest absolute Gasteiger partial charge is 0.494 e. The van der Waals surface area contributed by atoms with E-state index < -0.39 is 0 Å². The van der Waals surface area contributed by atoms with E-state index in [-0.39, 0.29) is 5.91 Å². The summed E-state index contributed by atoms with van der Waals surface area (Å²) >= 11 is 0. The van der Waals surface area contributed by atoms with Crippen LogP contribution in [0.4, 0.5) is 0 Å². The number of nitrogens with one attached hydrogen (secondary N) is 2. The first kappa shape index (κ1) is 19.4.